The molecule has 0 radical (unpaired) electrons. The summed E-state index contributed by atoms with van der Waals surface area (Å²) < 4.78 is 30.0. The van der Waals surface area contributed by atoms with Crippen molar-refractivity contribution >= 4 is 5.69 Å². The summed E-state index contributed by atoms with van der Waals surface area (Å²) in [5.41, 5.74) is 1.88. The molecular weight excluding hydrogens is 385 g/mol. The summed E-state index contributed by atoms with van der Waals surface area (Å²) >= 11 is 0. The van der Waals surface area contributed by atoms with E-state index in [2.05, 4.69) is 4.90 Å². The van der Waals surface area contributed by atoms with Crippen molar-refractivity contribution < 1.29 is 23.7 Å². The van der Waals surface area contributed by atoms with Crippen molar-refractivity contribution in [2.24, 2.45) is 5.92 Å². The molecule has 1 saturated carbocycles. The van der Waals surface area contributed by atoms with Crippen LogP contribution in [0.25, 0.3) is 0 Å². The third-order valence-electron chi connectivity index (χ3n) is 5.28. The molecular formula is C24H26FNO4. The van der Waals surface area contributed by atoms with Gasteiger partial charge >= 0.3 is 0 Å². The number of aliphatic hydroxyl groups is 1. The topological polar surface area (TPSA) is 51.2 Å². The Morgan fingerprint density at radius 1 is 1.10 bits per heavy atom. The highest BCUT2D eigenvalue weighted by molar-refractivity contribution is 5.59. The van der Waals surface area contributed by atoms with Gasteiger partial charge < -0.3 is 24.2 Å². The maximum Gasteiger partial charge on any atom is 0.162 e. The lowest BCUT2D eigenvalue weighted by molar-refractivity contribution is 0.0880. The van der Waals surface area contributed by atoms with Crippen molar-refractivity contribution in [3.05, 3.63) is 78.0 Å². The third kappa shape index (κ3) is 5.13. The molecule has 1 unspecified atom stereocenters. The first-order valence-corrected chi connectivity index (χ1v) is 10.1. The Morgan fingerprint density at radius 2 is 1.90 bits per heavy atom. The molecule has 1 aliphatic heterocycles. The van der Waals surface area contributed by atoms with Gasteiger partial charge in [0.05, 0.1) is 13.2 Å². The summed E-state index contributed by atoms with van der Waals surface area (Å²) in [7, 11) is 1.61. The van der Waals surface area contributed by atoms with Crippen LogP contribution in [-0.4, -0.2) is 31.5 Å². The maximum atomic E-state index is 13.0. The fourth-order valence-corrected chi connectivity index (χ4v) is 3.27. The number of ether oxygens (including phenoxy) is 3. The van der Waals surface area contributed by atoms with Gasteiger partial charge in [0.15, 0.2) is 11.5 Å². The second kappa shape index (κ2) is 9.22. The first-order valence-electron chi connectivity index (χ1n) is 10.1. The summed E-state index contributed by atoms with van der Waals surface area (Å²) in [5.74, 6) is 2.15. The van der Waals surface area contributed by atoms with Gasteiger partial charge in [0.2, 0.25) is 0 Å². The van der Waals surface area contributed by atoms with E-state index in [1.807, 2.05) is 36.6 Å². The fourth-order valence-electron chi connectivity index (χ4n) is 3.27. The van der Waals surface area contributed by atoms with Crippen LogP contribution in [-0.2, 0) is 11.3 Å². The molecule has 6 heteroatoms. The normalized spacial score (nSPS) is 16.8. The third-order valence-corrected chi connectivity index (χ3v) is 5.28. The quantitative estimate of drug-likeness (QED) is 0.662. The van der Waals surface area contributed by atoms with Crippen molar-refractivity contribution in [3.63, 3.8) is 0 Å². The average molecular weight is 411 g/mol. The van der Waals surface area contributed by atoms with Crippen LogP contribution in [0.5, 0.6) is 11.5 Å². The Hall–Kier alpha value is -2.99. The SMILES string of the molecule is COc1cc(N2C=CC(OCc3ccc(F)cc3)=CC2)ccc1OCC(O)C1CC1. The predicted molar refractivity (Wildman–Crippen MR) is 113 cm³/mol. The van der Waals surface area contributed by atoms with Gasteiger partial charge in [-0.25, -0.2) is 4.39 Å². The number of hydrogen-bond donors (Lipinski definition) is 1. The average Bonchev–Trinajstić information content (AvgIpc) is 3.63. The minimum atomic E-state index is -0.419. The largest absolute Gasteiger partial charge is 0.493 e. The molecule has 1 fully saturated rings. The lowest BCUT2D eigenvalue weighted by atomic mass is 10.2. The lowest BCUT2D eigenvalue weighted by Crippen LogP contribution is -2.20. The smallest absolute Gasteiger partial charge is 0.162 e. The minimum absolute atomic E-state index is 0.253. The lowest BCUT2D eigenvalue weighted by Gasteiger charge is -2.24. The van der Waals surface area contributed by atoms with Crippen LogP contribution in [0, 0.1) is 11.7 Å². The number of hydrogen-bond acceptors (Lipinski definition) is 5. The molecule has 0 saturated heterocycles. The monoisotopic (exact) mass is 411 g/mol. The molecule has 30 heavy (non-hydrogen) atoms. The summed E-state index contributed by atoms with van der Waals surface area (Å²) in [4.78, 5) is 2.07. The number of benzene rings is 2. The molecule has 1 atom stereocenters. The number of rotatable bonds is 9. The molecule has 0 spiro atoms. The summed E-state index contributed by atoms with van der Waals surface area (Å²) in [6.07, 6.45) is 7.57. The number of allylic oxidation sites excluding steroid dienone is 1. The van der Waals surface area contributed by atoms with Gasteiger partial charge in [-0.2, -0.15) is 0 Å². The first-order chi connectivity index (χ1) is 14.6. The van der Waals surface area contributed by atoms with Gasteiger partial charge in [0.25, 0.3) is 0 Å². The van der Waals surface area contributed by atoms with Crippen LogP contribution in [0.2, 0.25) is 0 Å². The van der Waals surface area contributed by atoms with E-state index in [1.54, 1.807) is 19.2 Å². The number of anilines is 1. The molecule has 0 aromatic heterocycles. The zero-order chi connectivity index (χ0) is 20.9. The van der Waals surface area contributed by atoms with E-state index in [0.717, 1.165) is 29.9 Å². The Kier molecular flexibility index (Phi) is 6.23. The Balaban J connectivity index is 1.33. The highest BCUT2D eigenvalue weighted by atomic mass is 19.1. The molecule has 4 rings (SSSR count). The highest BCUT2D eigenvalue weighted by Crippen LogP contribution is 2.35. The van der Waals surface area contributed by atoms with Crippen molar-refractivity contribution in [2.75, 3.05) is 25.2 Å². The first kappa shape index (κ1) is 20.3. The van der Waals surface area contributed by atoms with Gasteiger partial charge in [0.1, 0.15) is 24.8 Å². The van der Waals surface area contributed by atoms with Gasteiger partial charge in [-0.3, -0.25) is 0 Å². The van der Waals surface area contributed by atoms with E-state index in [9.17, 15) is 9.50 Å². The highest BCUT2D eigenvalue weighted by Gasteiger charge is 2.30. The summed E-state index contributed by atoms with van der Waals surface area (Å²) in [5, 5.41) is 10.0. The fraction of sp³-hybridized carbons (Fsp3) is 0.333. The summed E-state index contributed by atoms with van der Waals surface area (Å²) in [6, 6.07) is 12.0. The molecule has 0 amide bonds. The zero-order valence-corrected chi connectivity index (χ0v) is 17.0. The van der Waals surface area contributed by atoms with Crippen molar-refractivity contribution in [1.82, 2.24) is 0 Å². The van der Waals surface area contributed by atoms with Crippen LogP contribution in [0.15, 0.2) is 66.6 Å². The maximum absolute atomic E-state index is 13.0. The Labute approximate surface area is 176 Å². The van der Waals surface area contributed by atoms with Crippen LogP contribution in [0.4, 0.5) is 10.1 Å². The summed E-state index contributed by atoms with van der Waals surface area (Å²) in [6.45, 7) is 1.32. The van der Waals surface area contributed by atoms with Gasteiger partial charge in [0, 0.05) is 24.5 Å². The van der Waals surface area contributed by atoms with E-state index in [4.69, 9.17) is 14.2 Å². The molecule has 2 aromatic rings. The molecule has 158 valence electrons. The number of aliphatic hydroxyl groups excluding tert-OH is 1. The predicted octanol–water partition coefficient (Wildman–Crippen LogP) is 4.42. The molecule has 1 heterocycles. The van der Waals surface area contributed by atoms with E-state index < -0.39 is 6.10 Å². The molecule has 0 bridgehead atoms. The second-order valence-electron chi connectivity index (χ2n) is 7.54. The van der Waals surface area contributed by atoms with Crippen LogP contribution in [0.3, 0.4) is 0 Å². The Bertz CT molecular complexity index is 921. The van der Waals surface area contributed by atoms with Gasteiger partial charge in [-0.1, -0.05) is 12.1 Å². The van der Waals surface area contributed by atoms with E-state index in [-0.39, 0.29) is 12.4 Å². The van der Waals surface area contributed by atoms with E-state index in [1.165, 1.54) is 12.1 Å². The van der Waals surface area contributed by atoms with Crippen molar-refractivity contribution in [3.8, 4) is 11.5 Å². The number of methoxy groups -OCH3 is 1. The van der Waals surface area contributed by atoms with E-state index >= 15 is 0 Å². The Morgan fingerprint density at radius 3 is 2.57 bits per heavy atom. The number of nitrogens with zero attached hydrogens (tertiary/aromatic N) is 1. The molecule has 2 aromatic carbocycles. The zero-order valence-electron chi connectivity index (χ0n) is 17.0. The molecule has 5 nitrogen and oxygen atoms in total. The minimum Gasteiger partial charge on any atom is -0.493 e. The molecule has 2 aliphatic rings. The van der Waals surface area contributed by atoms with Crippen LogP contribution in [0.1, 0.15) is 18.4 Å². The van der Waals surface area contributed by atoms with Crippen molar-refractivity contribution in [1.29, 1.82) is 0 Å². The molecule has 1 N–H and O–H groups in total. The van der Waals surface area contributed by atoms with Crippen LogP contribution >= 0.6 is 0 Å². The second-order valence-corrected chi connectivity index (χ2v) is 7.54. The van der Waals surface area contributed by atoms with Gasteiger partial charge in [-0.15, -0.1) is 0 Å². The van der Waals surface area contributed by atoms with Crippen molar-refractivity contribution in [2.45, 2.75) is 25.6 Å². The number of halogens is 1. The van der Waals surface area contributed by atoms with Crippen LogP contribution < -0.4 is 14.4 Å². The van der Waals surface area contributed by atoms with Gasteiger partial charge in [-0.05, 0) is 60.7 Å². The van der Waals surface area contributed by atoms with E-state index in [0.29, 0.717) is 30.6 Å². The molecule has 1 aliphatic carbocycles. The standard InChI is InChI=1S/C24H26FNO4/c1-28-24-14-20(8-9-23(24)30-16-22(27)18-4-5-18)26-12-10-21(11-13-26)29-15-17-2-6-19(25)7-3-17/h2-3,6-12,14,18,22,27H,4-5,13,15-16H2,1H3.